The quantitative estimate of drug-likeness (QED) is 0.740. The first-order valence-corrected chi connectivity index (χ1v) is 6.41. The van der Waals surface area contributed by atoms with Gasteiger partial charge in [-0.3, -0.25) is 0 Å². The maximum Gasteiger partial charge on any atom is 0.0931 e. The molecule has 1 unspecified atom stereocenters. The molecule has 3 heteroatoms. The fourth-order valence-corrected chi connectivity index (χ4v) is 2.66. The van der Waals surface area contributed by atoms with Crippen LogP contribution in [0.3, 0.4) is 0 Å². The molecule has 2 N–H and O–H groups in total. The monoisotopic (exact) mass is 231 g/mol. The highest BCUT2D eigenvalue weighted by atomic mass is 35.5. The summed E-state index contributed by atoms with van der Waals surface area (Å²) >= 11 is 7.49. The van der Waals surface area contributed by atoms with E-state index in [2.05, 4.69) is 13.0 Å². The fraction of sp³-hybridized carbons (Fsp3) is 0.636. The zero-order valence-electron chi connectivity index (χ0n) is 8.63. The number of nitrogens with two attached hydrogens (primary N) is 1. The Hall–Kier alpha value is -0.0500. The van der Waals surface area contributed by atoms with Crippen LogP contribution in [0.5, 0.6) is 0 Å². The summed E-state index contributed by atoms with van der Waals surface area (Å²) in [5, 5.41) is 0. The maximum absolute atomic E-state index is 6.02. The van der Waals surface area contributed by atoms with Crippen LogP contribution in [-0.4, -0.2) is 6.04 Å². The summed E-state index contributed by atoms with van der Waals surface area (Å²) in [7, 11) is 0. The lowest BCUT2D eigenvalue weighted by atomic mass is 10.1. The molecule has 1 heterocycles. The zero-order valence-corrected chi connectivity index (χ0v) is 10.2. The highest BCUT2D eigenvalue weighted by Gasteiger charge is 2.05. The number of rotatable bonds is 6. The summed E-state index contributed by atoms with van der Waals surface area (Å²) in [5.41, 5.74) is 6.02. The minimum atomic E-state index is 0.302. The van der Waals surface area contributed by atoms with E-state index < -0.39 is 0 Å². The fourth-order valence-electron chi connectivity index (χ4n) is 1.48. The number of hydrogen-bond acceptors (Lipinski definition) is 2. The molecule has 0 fully saturated rings. The second kappa shape index (κ2) is 6.44. The van der Waals surface area contributed by atoms with E-state index in [0.717, 1.165) is 17.2 Å². The van der Waals surface area contributed by atoms with Gasteiger partial charge in [-0.1, -0.05) is 37.8 Å². The maximum atomic E-state index is 6.02. The molecule has 1 nitrogen and oxygen atoms in total. The Morgan fingerprint density at radius 3 is 2.79 bits per heavy atom. The standard InChI is InChI=1S/C11H18ClNS/c1-2-3-4-5-9(13)8-10-6-7-11(12)14-10/h6-7,9H,2-5,8,13H2,1H3. The molecule has 0 saturated heterocycles. The predicted molar refractivity (Wildman–Crippen MR) is 65.2 cm³/mol. The third kappa shape index (κ3) is 4.45. The van der Waals surface area contributed by atoms with E-state index in [4.69, 9.17) is 17.3 Å². The smallest absolute Gasteiger partial charge is 0.0931 e. The molecule has 0 aliphatic carbocycles. The number of hydrogen-bond donors (Lipinski definition) is 1. The molecule has 0 aliphatic rings. The van der Waals surface area contributed by atoms with Crippen molar-refractivity contribution in [2.75, 3.05) is 0 Å². The van der Waals surface area contributed by atoms with Crippen molar-refractivity contribution < 1.29 is 0 Å². The van der Waals surface area contributed by atoms with Gasteiger partial charge in [-0.05, 0) is 25.0 Å². The third-order valence-corrected chi connectivity index (χ3v) is 3.52. The molecule has 0 aromatic carbocycles. The van der Waals surface area contributed by atoms with Crippen molar-refractivity contribution in [1.29, 1.82) is 0 Å². The van der Waals surface area contributed by atoms with Gasteiger partial charge in [0.15, 0.2) is 0 Å². The molecule has 0 aliphatic heterocycles. The van der Waals surface area contributed by atoms with Gasteiger partial charge in [-0.15, -0.1) is 11.3 Å². The van der Waals surface area contributed by atoms with Crippen molar-refractivity contribution in [3.8, 4) is 0 Å². The van der Waals surface area contributed by atoms with E-state index in [0.29, 0.717) is 6.04 Å². The van der Waals surface area contributed by atoms with Gasteiger partial charge in [-0.25, -0.2) is 0 Å². The van der Waals surface area contributed by atoms with Crippen LogP contribution in [0.4, 0.5) is 0 Å². The van der Waals surface area contributed by atoms with Crippen LogP contribution >= 0.6 is 22.9 Å². The molecule has 0 bridgehead atoms. The number of thiophene rings is 1. The van der Waals surface area contributed by atoms with Crippen LogP contribution < -0.4 is 5.73 Å². The zero-order chi connectivity index (χ0) is 10.4. The van der Waals surface area contributed by atoms with Crippen molar-refractivity contribution in [3.05, 3.63) is 21.3 Å². The summed E-state index contributed by atoms with van der Waals surface area (Å²) in [6, 6.07) is 4.32. The lowest BCUT2D eigenvalue weighted by molar-refractivity contribution is 0.560. The topological polar surface area (TPSA) is 26.0 Å². The van der Waals surface area contributed by atoms with Crippen LogP contribution in [0.15, 0.2) is 12.1 Å². The van der Waals surface area contributed by atoms with Crippen molar-refractivity contribution in [2.24, 2.45) is 5.73 Å². The summed E-state index contributed by atoms with van der Waals surface area (Å²) in [6.07, 6.45) is 5.90. The minimum absolute atomic E-state index is 0.302. The first kappa shape index (κ1) is 12.0. The molecule has 1 rings (SSSR count). The highest BCUT2D eigenvalue weighted by molar-refractivity contribution is 7.16. The predicted octanol–water partition coefficient (Wildman–Crippen LogP) is 3.85. The van der Waals surface area contributed by atoms with Gasteiger partial charge in [0, 0.05) is 10.9 Å². The van der Waals surface area contributed by atoms with E-state index >= 15 is 0 Å². The van der Waals surface area contributed by atoms with Gasteiger partial charge in [0.25, 0.3) is 0 Å². The van der Waals surface area contributed by atoms with Crippen molar-refractivity contribution in [3.63, 3.8) is 0 Å². The van der Waals surface area contributed by atoms with E-state index in [1.165, 1.54) is 24.1 Å². The van der Waals surface area contributed by atoms with E-state index in [1.54, 1.807) is 11.3 Å². The van der Waals surface area contributed by atoms with Crippen LogP contribution in [0.2, 0.25) is 4.34 Å². The van der Waals surface area contributed by atoms with Gasteiger partial charge < -0.3 is 5.73 Å². The first-order valence-electron chi connectivity index (χ1n) is 5.22. The Labute approximate surface area is 95.3 Å². The Morgan fingerprint density at radius 2 is 2.21 bits per heavy atom. The SMILES string of the molecule is CCCCCC(N)Cc1ccc(Cl)s1. The van der Waals surface area contributed by atoms with Crippen LogP contribution in [-0.2, 0) is 6.42 Å². The van der Waals surface area contributed by atoms with Crippen molar-refractivity contribution >= 4 is 22.9 Å². The highest BCUT2D eigenvalue weighted by Crippen LogP contribution is 2.22. The van der Waals surface area contributed by atoms with Crippen molar-refractivity contribution in [2.45, 2.75) is 45.1 Å². The molecular formula is C11H18ClNS. The average molecular weight is 232 g/mol. The van der Waals surface area contributed by atoms with Crippen LogP contribution in [0.1, 0.15) is 37.5 Å². The molecular weight excluding hydrogens is 214 g/mol. The molecule has 1 aromatic heterocycles. The van der Waals surface area contributed by atoms with Gasteiger partial charge >= 0.3 is 0 Å². The molecule has 0 amide bonds. The normalized spacial score (nSPS) is 13.1. The second-order valence-corrected chi connectivity index (χ2v) is 5.47. The summed E-state index contributed by atoms with van der Waals surface area (Å²) in [5.74, 6) is 0. The molecule has 14 heavy (non-hydrogen) atoms. The van der Waals surface area contributed by atoms with E-state index in [-0.39, 0.29) is 0 Å². The largest absolute Gasteiger partial charge is 0.327 e. The van der Waals surface area contributed by atoms with Gasteiger partial charge in [0.1, 0.15) is 0 Å². The molecule has 0 radical (unpaired) electrons. The Morgan fingerprint density at radius 1 is 1.43 bits per heavy atom. The van der Waals surface area contributed by atoms with Crippen LogP contribution in [0.25, 0.3) is 0 Å². The summed E-state index contributed by atoms with van der Waals surface area (Å²) in [4.78, 5) is 1.30. The Balaban J connectivity index is 2.23. The third-order valence-electron chi connectivity index (χ3n) is 2.27. The number of unbranched alkanes of at least 4 members (excludes halogenated alkanes) is 2. The van der Waals surface area contributed by atoms with Gasteiger partial charge in [0.05, 0.1) is 4.34 Å². The average Bonchev–Trinajstić information content (AvgIpc) is 2.52. The van der Waals surface area contributed by atoms with Crippen molar-refractivity contribution in [1.82, 2.24) is 0 Å². The van der Waals surface area contributed by atoms with E-state index in [9.17, 15) is 0 Å². The van der Waals surface area contributed by atoms with Gasteiger partial charge in [0.2, 0.25) is 0 Å². The lowest BCUT2D eigenvalue weighted by Crippen LogP contribution is -2.21. The first-order chi connectivity index (χ1) is 6.72. The molecule has 80 valence electrons. The second-order valence-electron chi connectivity index (χ2n) is 3.67. The number of halogens is 1. The molecule has 0 spiro atoms. The van der Waals surface area contributed by atoms with Crippen LogP contribution in [0, 0.1) is 0 Å². The van der Waals surface area contributed by atoms with Gasteiger partial charge in [-0.2, -0.15) is 0 Å². The molecule has 1 atom stereocenters. The summed E-state index contributed by atoms with van der Waals surface area (Å²) < 4.78 is 0.862. The Bertz CT molecular complexity index is 260. The molecule has 1 aromatic rings. The minimum Gasteiger partial charge on any atom is -0.327 e. The van der Waals surface area contributed by atoms with E-state index in [1.807, 2.05) is 6.07 Å². The summed E-state index contributed by atoms with van der Waals surface area (Å²) in [6.45, 7) is 2.21. The molecule has 0 saturated carbocycles. The lowest BCUT2D eigenvalue weighted by Gasteiger charge is -2.09. The Kier molecular flexibility index (Phi) is 5.53.